The predicted octanol–water partition coefficient (Wildman–Crippen LogP) is 2.66. The Balaban J connectivity index is 1.58. The van der Waals surface area contributed by atoms with Gasteiger partial charge in [-0.3, -0.25) is 0 Å². The van der Waals surface area contributed by atoms with Crippen molar-refractivity contribution >= 4 is 0 Å². The van der Waals surface area contributed by atoms with Crippen LogP contribution in [0.2, 0.25) is 0 Å². The maximum absolute atomic E-state index is 5.73. The highest BCUT2D eigenvalue weighted by atomic mass is 16.5. The second-order valence-electron chi connectivity index (χ2n) is 6.46. The summed E-state index contributed by atoms with van der Waals surface area (Å²) in [6.45, 7) is 10.3. The van der Waals surface area contributed by atoms with Crippen LogP contribution in [0.4, 0.5) is 0 Å². The minimum atomic E-state index is 0.666. The first-order chi connectivity index (χ1) is 9.28. The van der Waals surface area contributed by atoms with Gasteiger partial charge in [0.15, 0.2) is 0 Å². The van der Waals surface area contributed by atoms with Crippen LogP contribution < -0.4 is 5.32 Å². The molecule has 0 radical (unpaired) electrons. The van der Waals surface area contributed by atoms with E-state index >= 15 is 0 Å². The highest BCUT2D eigenvalue weighted by Crippen LogP contribution is 2.28. The zero-order valence-electron chi connectivity index (χ0n) is 12.9. The summed E-state index contributed by atoms with van der Waals surface area (Å²) in [6, 6.07) is 1.38. The summed E-state index contributed by atoms with van der Waals surface area (Å²) in [5.74, 6) is 0.902. The van der Waals surface area contributed by atoms with Gasteiger partial charge in [-0.15, -0.1) is 0 Å². The second kappa shape index (κ2) is 8.23. The Hall–Kier alpha value is -0.120. The van der Waals surface area contributed by atoms with Gasteiger partial charge in [0.2, 0.25) is 0 Å². The van der Waals surface area contributed by atoms with E-state index in [0.717, 1.165) is 19.1 Å². The number of hydrogen-bond acceptors (Lipinski definition) is 3. The molecule has 2 aliphatic rings. The molecule has 0 aromatic carbocycles. The number of hydrogen-bond donors (Lipinski definition) is 1. The molecule has 112 valence electrons. The molecule has 1 aliphatic carbocycles. The molecule has 2 rings (SSSR count). The first kappa shape index (κ1) is 15.3. The lowest BCUT2D eigenvalue weighted by atomic mass is 10.1. The van der Waals surface area contributed by atoms with Gasteiger partial charge >= 0.3 is 0 Å². The van der Waals surface area contributed by atoms with E-state index in [-0.39, 0.29) is 0 Å². The fourth-order valence-corrected chi connectivity index (χ4v) is 2.87. The Morgan fingerprint density at radius 1 is 1.16 bits per heavy atom. The summed E-state index contributed by atoms with van der Waals surface area (Å²) in [7, 11) is 0. The van der Waals surface area contributed by atoms with Gasteiger partial charge in [-0.2, -0.15) is 0 Å². The van der Waals surface area contributed by atoms with Crippen LogP contribution in [0.3, 0.4) is 0 Å². The van der Waals surface area contributed by atoms with Gasteiger partial charge in [0, 0.05) is 31.8 Å². The van der Waals surface area contributed by atoms with E-state index in [4.69, 9.17) is 4.74 Å². The van der Waals surface area contributed by atoms with Crippen LogP contribution in [0, 0.1) is 5.92 Å². The molecule has 2 atom stereocenters. The molecule has 2 unspecified atom stereocenters. The van der Waals surface area contributed by atoms with Gasteiger partial charge in [-0.1, -0.05) is 6.92 Å². The van der Waals surface area contributed by atoms with E-state index in [9.17, 15) is 0 Å². The minimum absolute atomic E-state index is 0.666. The summed E-state index contributed by atoms with van der Waals surface area (Å²) in [4.78, 5) is 2.64. The molecular weight excluding hydrogens is 236 g/mol. The first-order valence-electron chi connectivity index (χ1n) is 8.34. The van der Waals surface area contributed by atoms with Crippen molar-refractivity contribution in [1.82, 2.24) is 10.2 Å². The third-order valence-electron chi connectivity index (χ3n) is 4.50. The van der Waals surface area contributed by atoms with Gasteiger partial charge < -0.3 is 15.0 Å². The number of nitrogens with zero attached hydrogens (tertiary/aromatic N) is 1. The highest BCUT2D eigenvalue weighted by molar-refractivity contribution is 4.77. The van der Waals surface area contributed by atoms with Crippen molar-refractivity contribution in [1.29, 1.82) is 0 Å². The first-order valence-corrected chi connectivity index (χ1v) is 8.34. The molecule has 1 heterocycles. The average molecular weight is 268 g/mol. The van der Waals surface area contributed by atoms with Crippen LogP contribution in [-0.2, 0) is 4.74 Å². The van der Waals surface area contributed by atoms with E-state index in [1.807, 2.05) is 0 Å². The Morgan fingerprint density at radius 3 is 2.68 bits per heavy atom. The molecule has 0 aromatic heterocycles. The molecule has 19 heavy (non-hydrogen) atoms. The Morgan fingerprint density at radius 2 is 1.95 bits per heavy atom. The van der Waals surface area contributed by atoms with Crippen molar-refractivity contribution in [3.63, 3.8) is 0 Å². The summed E-state index contributed by atoms with van der Waals surface area (Å²) < 4.78 is 5.73. The average Bonchev–Trinajstić information content (AvgIpc) is 3.20. The molecule has 0 spiro atoms. The lowest BCUT2D eigenvalue weighted by molar-refractivity contribution is 0.109. The lowest BCUT2D eigenvalue weighted by Gasteiger charge is -2.32. The van der Waals surface area contributed by atoms with Crippen LogP contribution in [0.5, 0.6) is 0 Å². The molecule has 0 amide bonds. The topological polar surface area (TPSA) is 24.5 Å². The molecule has 1 aliphatic heterocycles. The molecule has 3 nitrogen and oxygen atoms in total. The normalized spacial score (nSPS) is 30.0. The molecular formula is C16H32N2O. The van der Waals surface area contributed by atoms with E-state index < -0.39 is 0 Å². The van der Waals surface area contributed by atoms with Crippen LogP contribution in [0.25, 0.3) is 0 Å². The zero-order valence-corrected chi connectivity index (χ0v) is 12.9. The Bertz CT molecular complexity index is 243. The maximum atomic E-state index is 5.73. The Labute approximate surface area is 119 Å². The third-order valence-corrected chi connectivity index (χ3v) is 4.50. The van der Waals surface area contributed by atoms with Crippen LogP contribution >= 0.6 is 0 Å². The van der Waals surface area contributed by atoms with Crippen LogP contribution in [-0.4, -0.2) is 49.8 Å². The smallest absolute Gasteiger partial charge is 0.0494 e. The number of nitrogens with one attached hydrogen (secondary N) is 1. The van der Waals surface area contributed by atoms with Gasteiger partial charge in [-0.25, -0.2) is 0 Å². The molecule has 1 saturated heterocycles. The van der Waals surface area contributed by atoms with Crippen molar-refractivity contribution in [3.8, 4) is 0 Å². The van der Waals surface area contributed by atoms with E-state index in [1.54, 1.807) is 0 Å². The summed E-state index contributed by atoms with van der Waals surface area (Å²) in [5, 5.41) is 3.73. The highest BCUT2D eigenvalue weighted by Gasteiger charge is 2.21. The standard InChI is InChI=1S/C16H32N2O/c1-3-16-8-11-18(10-7-14(2)17-16)9-4-12-19-13-15-5-6-15/h14-17H,3-13H2,1-2H3. The quantitative estimate of drug-likeness (QED) is 0.718. The molecule has 2 fully saturated rings. The van der Waals surface area contributed by atoms with E-state index in [2.05, 4.69) is 24.1 Å². The van der Waals surface area contributed by atoms with E-state index in [0.29, 0.717) is 12.1 Å². The fourth-order valence-electron chi connectivity index (χ4n) is 2.87. The summed E-state index contributed by atoms with van der Waals surface area (Å²) in [6.07, 6.45) is 7.82. The van der Waals surface area contributed by atoms with Crippen molar-refractivity contribution in [2.45, 2.75) is 64.5 Å². The van der Waals surface area contributed by atoms with Crippen molar-refractivity contribution in [3.05, 3.63) is 0 Å². The van der Waals surface area contributed by atoms with Crippen molar-refractivity contribution in [2.24, 2.45) is 5.92 Å². The predicted molar refractivity (Wildman–Crippen MR) is 80.5 cm³/mol. The Kier molecular flexibility index (Phi) is 6.62. The van der Waals surface area contributed by atoms with Gasteiger partial charge in [0.25, 0.3) is 0 Å². The van der Waals surface area contributed by atoms with E-state index in [1.165, 1.54) is 58.2 Å². The maximum Gasteiger partial charge on any atom is 0.0494 e. The lowest BCUT2D eigenvalue weighted by Crippen LogP contribution is -2.44. The summed E-state index contributed by atoms with van der Waals surface area (Å²) in [5.41, 5.74) is 0. The SMILES string of the molecule is CCC1CCN(CCCOCC2CC2)CCC(C)N1. The number of rotatable bonds is 7. The molecule has 3 heteroatoms. The molecule has 0 aromatic rings. The van der Waals surface area contributed by atoms with Gasteiger partial charge in [0.05, 0.1) is 0 Å². The fraction of sp³-hybridized carbons (Fsp3) is 1.00. The monoisotopic (exact) mass is 268 g/mol. The molecule has 1 N–H and O–H groups in total. The largest absolute Gasteiger partial charge is 0.381 e. The summed E-state index contributed by atoms with van der Waals surface area (Å²) >= 11 is 0. The number of ether oxygens (including phenoxy) is 1. The molecule has 1 saturated carbocycles. The molecule has 0 bridgehead atoms. The minimum Gasteiger partial charge on any atom is -0.381 e. The zero-order chi connectivity index (χ0) is 13.5. The van der Waals surface area contributed by atoms with Crippen molar-refractivity contribution in [2.75, 3.05) is 32.8 Å². The van der Waals surface area contributed by atoms with Gasteiger partial charge in [0.1, 0.15) is 0 Å². The second-order valence-corrected chi connectivity index (χ2v) is 6.46. The van der Waals surface area contributed by atoms with Gasteiger partial charge in [-0.05, 0) is 64.5 Å². The van der Waals surface area contributed by atoms with Crippen LogP contribution in [0.1, 0.15) is 52.4 Å². The third kappa shape index (κ3) is 6.24. The van der Waals surface area contributed by atoms with Crippen LogP contribution in [0.15, 0.2) is 0 Å². The van der Waals surface area contributed by atoms with Crippen molar-refractivity contribution < 1.29 is 4.74 Å².